The number of fused-ring (bicyclic) bond motifs is 2. The molecule has 1 N–H and O–H groups in total. The normalized spacial score (nSPS) is 29.3. The molecule has 134 valence electrons. The molecule has 5 nitrogen and oxygen atoms in total. The molecule has 0 saturated heterocycles. The molecular formula is C14H21F3O5S. The molecule has 2 rings (SSSR count). The molecule has 9 heteroatoms. The summed E-state index contributed by atoms with van der Waals surface area (Å²) in [5.74, 6) is -1.10. The highest BCUT2D eigenvalue weighted by Gasteiger charge is 2.45. The highest BCUT2D eigenvalue weighted by atomic mass is 32.2. The van der Waals surface area contributed by atoms with Gasteiger partial charge in [-0.1, -0.05) is 12.8 Å². The molecule has 3 unspecified atom stereocenters. The lowest BCUT2D eigenvalue weighted by Crippen LogP contribution is -2.39. The second-order valence-electron chi connectivity index (χ2n) is 6.69. The molecule has 23 heavy (non-hydrogen) atoms. The standard InChI is InChI=1S/C14H21F3O5S/c15-14(16,17)12(8-23(19,20)21)22-13(18)4-3-11-6-9-1-2-10(5-9)7-11/h9-12H,1-8H2,(H,19,20,21). The van der Waals surface area contributed by atoms with Crippen LogP contribution < -0.4 is 0 Å². The van der Waals surface area contributed by atoms with Gasteiger partial charge in [-0.15, -0.1) is 0 Å². The first kappa shape index (κ1) is 18.5. The highest BCUT2D eigenvalue weighted by molar-refractivity contribution is 7.85. The Labute approximate surface area is 133 Å². The molecule has 0 spiro atoms. The van der Waals surface area contributed by atoms with Gasteiger partial charge in [0.1, 0.15) is 5.75 Å². The zero-order chi connectivity index (χ0) is 17.3. The van der Waals surface area contributed by atoms with Crippen LogP contribution in [-0.4, -0.2) is 37.0 Å². The molecule has 0 aromatic carbocycles. The molecular weight excluding hydrogens is 337 g/mol. The van der Waals surface area contributed by atoms with Crippen molar-refractivity contribution in [3.05, 3.63) is 0 Å². The van der Waals surface area contributed by atoms with Gasteiger partial charge in [-0.25, -0.2) is 0 Å². The van der Waals surface area contributed by atoms with Gasteiger partial charge in [0.15, 0.2) is 0 Å². The fraction of sp³-hybridized carbons (Fsp3) is 0.929. The van der Waals surface area contributed by atoms with Gasteiger partial charge in [0, 0.05) is 6.42 Å². The second kappa shape index (κ2) is 6.96. The lowest BCUT2D eigenvalue weighted by atomic mass is 9.79. The summed E-state index contributed by atoms with van der Waals surface area (Å²) in [6.07, 6.45) is -1.97. The lowest BCUT2D eigenvalue weighted by Gasteiger charge is -2.27. The Hall–Kier alpha value is -0.830. The lowest BCUT2D eigenvalue weighted by molar-refractivity contribution is -0.215. The number of esters is 1. The number of ether oxygens (including phenoxy) is 1. The summed E-state index contributed by atoms with van der Waals surface area (Å²) in [5, 5.41) is 0. The van der Waals surface area contributed by atoms with E-state index in [0.29, 0.717) is 24.2 Å². The minimum Gasteiger partial charge on any atom is -0.451 e. The van der Waals surface area contributed by atoms with Crippen molar-refractivity contribution < 1.29 is 35.7 Å². The van der Waals surface area contributed by atoms with E-state index in [-0.39, 0.29) is 6.42 Å². The minimum absolute atomic E-state index is 0.165. The topological polar surface area (TPSA) is 80.7 Å². The summed E-state index contributed by atoms with van der Waals surface area (Å²) in [5.41, 5.74) is 0. The van der Waals surface area contributed by atoms with Gasteiger partial charge in [0.05, 0.1) is 0 Å². The van der Waals surface area contributed by atoms with Gasteiger partial charge >= 0.3 is 12.1 Å². The Kier molecular flexibility index (Phi) is 5.60. The van der Waals surface area contributed by atoms with Crippen LogP contribution in [0.25, 0.3) is 0 Å². The Morgan fingerprint density at radius 2 is 1.74 bits per heavy atom. The molecule has 2 aliphatic carbocycles. The van der Waals surface area contributed by atoms with E-state index in [1.54, 1.807) is 0 Å². The largest absolute Gasteiger partial charge is 0.451 e. The third kappa shape index (κ3) is 5.95. The summed E-state index contributed by atoms with van der Waals surface area (Å²) >= 11 is 0. The van der Waals surface area contributed by atoms with E-state index >= 15 is 0 Å². The van der Waals surface area contributed by atoms with Crippen molar-refractivity contribution in [2.75, 3.05) is 5.75 Å². The first-order valence-electron chi connectivity index (χ1n) is 7.74. The van der Waals surface area contributed by atoms with Crippen LogP contribution in [-0.2, 0) is 19.6 Å². The van der Waals surface area contributed by atoms with E-state index in [2.05, 4.69) is 4.74 Å². The highest BCUT2D eigenvalue weighted by Crippen LogP contribution is 2.45. The molecule has 2 aliphatic rings. The molecule has 0 heterocycles. The maximum atomic E-state index is 12.7. The first-order valence-corrected chi connectivity index (χ1v) is 9.35. The summed E-state index contributed by atoms with van der Waals surface area (Å²) in [4.78, 5) is 11.6. The number of hydrogen-bond acceptors (Lipinski definition) is 4. The Morgan fingerprint density at radius 1 is 1.17 bits per heavy atom. The first-order chi connectivity index (χ1) is 10.5. The number of alkyl halides is 3. The molecule has 2 saturated carbocycles. The molecule has 0 amide bonds. The van der Waals surface area contributed by atoms with E-state index in [4.69, 9.17) is 4.55 Å². The quantitative estimate of drug-likeness (QED) is 0.583. The fourth-order valence-corrected chi connectivity index (χ4v) is 4.45. The molecule has 2 bridgehead atoms. The summed E-state index contributed by atoms with van der Waals surface area (Å²) < 4.78 is 72.0. The van der Waals surface area contributed by atoms with E-state index in [1.807, 2.05) is 0 Å². The van der Waals surface area contributed by atoms with Crippen LogP contribution in [0.3, 0.4) is 0 Å². The SMILES string of the molecule is O=C(CCC1CC2CCC(C1)C2)OC(CS(=O)(=O)O)C(F)(F)F. The summed E-state index contributed by atoms with van der Waals surface area (Å²) in [6.45, 7) is 0. The Balaban J connectivity index is 1.82. The molecule has 0 aromatic rings. The molecule has 3 atom stereocenters. The van der Waals surface area contributed by atoms with E-state index < -0.39 is 34.1 Å². The third-order valence-corrected chi connectivity index (χ3v) is 5.46. The van der Waals surface area contributed by atoms with Gasteiger partial charge in [-0.2, -0.15) is 21.6 Å². The number of rotatable bonds is 6. The molecule has 0 aliphatic heterocycles. The van der Waals surface area contributed by atoms with Crippen molar-refractivity contribution >= 4 is 16.1 Å². The monoisotopic (exact) mass is 358 g/mol. The predicted molar refractivity (Wildman–Crippen MR) is 75.1 cm³/mol. The van der Waals surface area contributed by atoms with Crippen LogP contribution in [0.15, 0.2) is 0 Å². The zero-order valence-corrected chi connectivity index (χ0v) is 13.4. The van der Waals surface area contributed by atoms with Crippen molar-refractivity contribution in [1.29, 1.82) is 0 Å². The average Bonchev–Trinajstić information content (AvgIpc) is 2.72. The summed E-state index contributed by atoms with van der Waals surface area (Å²) in [6, 6.07) is 0. The van der Waals surface area contributed by atoms with Crippen molar-refractivity contribution in [2.24, 2.45) is 17.8 Å². The van der Waals surface area contributed by atoms with Crippen LogP contribution in [0.1, 0.15) is 44.9 Å². The molecule has 0 radical (unpaired) electrons. The van der Waals surface area contributed by atoms with Gasteiger partial charge in [0.25, 0.3) is 10.1 Å². The van der Waals surface area contributed by atoms with Crippen LogP contribution in [0, 0.1) is 17.8 Å². The Morgan fingerprint density at radius 3 is 2.22 bits per heavy atom. The smallest absolute Gasteiger partial charge is 0.426 e. The van der Waals surface area contributed by atoms with E-state index in [1.165, 1.54) is 19.3 Å². The average molecular weight is 358 g/mol. The zero-order valence-electron chi connectivity index (χ0n) is 12.6. The maximum absolute atomic E-state index is 12.7. The van der Waals surface area contributed by atoms with Crippen LogP contribution in [0.2, 0.25) is 0 Å². The fourth-order valence-electron chi connectivity index (χ4n) is 3.81. The molecule has 2 fully saturated rings. The van der Waals surface area contributed by atoms with Crippen molar-refractivity contribution in [2.45, 2.75) is 57.2 Å². The van der Waals surface area contributed by atoms with Crippen LogP contribution in [0.4, 0.5) is 13.2 Å². The Bertz CT molecular complexity index is 519. The summed E-state index contributed by atoms with van der Waals surface area (Å²) in [7, 11) is -4.89. The van der Waals surface area contributed by atoms with Gasteiger partial charge in [-0.3, -0.25) is 9.35 Å². The second-order valence-corrected chi connectivity index (χ2v) is 8.19. The van der Waals surface area contributed by atoms with Crippen molar-refractivity contribution in [3.8, 4) is 0 Å². The number of carbonyl (C=O) groups excluding carboxylic acids is 1. The van der Waals surface area contributed by atoms with E-state index in [0.717, 1.165) is 12.8 Å². The van der Waals surface area contributed by atoms with Gasteiger partial charge in [0.2, 0.25) is 6.10 Å². The van der Waals surface area contributed by atoms with Crippen molar-refractivity contribution in [3.63, 3.8) is 0 Å². The number of hydrogen-bond donors (Lipinski definition) is 1. The van der Waals surface area contributed by atoms with Crippen LogP contribution in [0.5, 0.6) is 0 Å². The van der Waals surface area contributed by atoms with Crippen LogP contribution >= 0.6 is 0 Å². The predicted octanol–water partition coefficient (Wildman–Crippen LogP) is 2.95. The number of halogens is 3. The maximum Gasteiger partial charge on any atom is 0.426 e. The van der Waals surface area contributed by atoms with Gasteiger partial charge < -0.3 is 4.74 Å². The van der Waals surface area contributed by atoms with Gasteiger partial charge in [-0.05, 0) is 43.4 Å². The number of carbonyl (C=O) groups is 1. The third-order valence-electron chi connectivity index (χ3n) is 4.74. The van der Waals surface area contributed by atoms with Crippen molar-refractivity contribution in [1.82, 2.24) is 0 Å². The molecule has 0 aromatic heterocycles. The minimum atomic E-state index is -5.03. The van der Waals surface area contributed by atoms with E-state index in [9.17, 15) is 26.4 Å².